The molecule has 0 bridgehead atoms. The molecule has 0 atom stereocenters. The van der Waals surface area contributed by atoms with Crippen molar-refractivity contribution in [3.8, 4) is 0 Å². The molecule has 12 heavy (non-hydrogen) atoms. The molecule has 0 unspecified atom stereocenters. The van der Waals surface area contributed by atoms with Crippen LogP contribution in [0.2, 0.25) is 0 Å². The highest BCUT2D eigenvalue weighted by molar-refractivity contribution is 5.77. The van der Waals surface area contributed by atoms with Gasteiger partial charge in [0.2, 0.25) is 0 Å². The van der Waals surface area contributed by atoms with E-state index in [-0.39, 0.29) is 6.54 Å². The van der Waals surface area contributed by atoms with Crippen LogP contribution >= 0.6 is 0 Å². The van der Waals surface area contributed by atoms with Crippen molar-refractivity contribution in [2.45, 2.75) is 0 Å². The summed E-state index contributed by atoms with van der Waals surface area (Å²) in [5.41, 5.74) is 0. The standard InChI is InChI=1S/C7H11NO4/c1-4-12-7(10)8(2)5-6(9)11-3/h4H,1,5H2,2-3H3. The lowest BCUT2D eigenvalue weighted by atomic mass is 10.6. The van der Waals surface area contributed by atoms with Crippen LogP contribution in [0.3, 0.4) is 0 Å². The van der Waals surface area contributed by atoms with Gasteiger partial charge in [0.25, 0.3) is 0 Å². The minimum absolute atomic E-state index is 0.136. The second-order valence-corrected chi connectivity index (χ2v) is 1.98. The third-order valence-electron chi connectivity index (χ3n) is 1.09. The number of hydrogen-bond donors (Lipinski definition) is 0. The van der Waals surface area contributed by atoms with E-state index in [0.717, 1.165) is 11.2 Å². The van der Waals surface area contributed by atoms with Crippen molar-refractivity contribution in [2.24, 2.45) is 0 Å². The van der Waals surface area contributed by atoms with Crippen molar-refractivity contribution in [2.75, 3.05) is 20.7 Å². The van der Waals surface area contributed by atoms with E-state index >= 15 is 0 Å². The second kappa shape index (κ2) is 5.17. The monoisotopic (exact) mass is 173 g/mol. The molecule has 0 N–H and O–H groups in total. The third-order valence-corrected chi connectivity index (χ3v) is 1.09. The largest absolute Gasteiger partial charge is 0.468 e. The minimum Gasteiger partial charge on any atom is -0.468 e. The summed E-state index contributed by atoms with van der Waals surface area (Å²) < 4.78 is 8.73. The molecule has 0 fully saturated rings. The van der Waals surface area contributed by atoms with Crippen LogP contribution in [0.25, 0.3) is 0 Å². The van der Waals surface area contributed by atoms with E-state index in [1.54, 1.807) is 0 Å². The lowest BCUT2D eigenvalue weighted by Crippen LogP contribution is -2.32. The summed E-state index contributed by atoms with van der Waals surface area (Å²) in [5, 5.41) is 0. The maximum absolute atomic E-state index is 10.8. The maximum atomic E-state index is 10.8. The molecule has 5 nitrogen and oxygen atoms in total. The Morgan fingerprint density at radius 1 is 1.58 bits per heavy atom. The first-order valence-electron chi connectivity index (χ1n) is 3.21. The van der Waals surface area contributed by atoms with Crippen molar-refractivity contribution in [3.63, 3.8) is 0 Å². The normalized spacial score (nSPS) is 8.50. The molecule has 0 saturated carbocycles. The van der Waals surface area contributed by atoms with Gasteiger partial charge in [-0.1, -0.05) is 6.58 Å². The molecule has 0 heterocycles. The number of hydrogen-bond acceptors (Lipinski definition) is 4. The van der Waals surface area contributed by atoms with Crippen LogP contribution < -0.4 is 0 Å². The fourth-order valence-electron chi connectivity index (χ4n) is 0.484. The average Bonchev–Trinajstić information content (AvgIpc) is 2.04. The molecular formula is C7H11NO4. The molecule has 0 rings (SSSR count). The van der Waals surface area contributed by atoms with Gasteiger partial charge in [0, 0.05) is 7.05 Å². The van der Waals surface area contributed by atoms with Crippen molar-refractivity contribution in [3.05, 3.63) is 12.8 Å². The Kier molecular flexibility index (Phi) is 4.52. The van der Waals surface area contributed by atoms with Crippen molar-refractivity contribution in [1.29, 1.82) is 0 Å². The Hall–Kier alpha value is -1.52. The lowest BCUT2D eigenvalue weighted by molar-refractivity contribution is -0.141. The Bertz CT molecular complexity index is 190. The molecule has 0 aliphatic carbocycles. The number of amides is 1. The molecule has 0 saturated heterocycles. The Balaban J connectivity index is 3.85. The first-order valence-corrected chi connectivity index (χ1v) is 3.21. The topological polar surface area (TPSA) is 55.8 Å². The van der Waals surface area contributed by atoms with Crippen LogP contribution in [0.1, 0.15) is 0 Å². The zero-order chi connectivity index (χ0) is 9.56. The first kappa shape index (κ1) is 10.5. The summed E-state index contributed by atoms with van der Waals surface area (Å²) in [4.78, 5) is 22.5. The van der Waals surface area contributed by atoms with Gasteiger partial charge in [0.05, 0.1) is 13.4 Å². The van der Waals surface area contributed by atoms with E-state index in [4.69, 9.17) is 0 Å². The van der Waals surface area contributed by atoms with Gasteiger partial charge >= 0.3 is 12.1 Å². The van der Waals surface area contributed by atoms with E-state index in [1.807, 2.05) is 0 Å². The Morgan fingerprint density at radius 2 is 2.17 bits per heavy atom. The van der Waals surface area contributed by atoms with Crippen LogP contribution in [0.5, 0.6) is 0 Å². The molecular weight excluding hydrogens is 162 g/mol. The lowest BCUT2D eigenvalue weighted by Gasteiger charge is -2.12. The number of ether oxygens (including phenoxy) is 2. The molecule has 0 aliphatic heterocycles. The zero-order valence-electron chi connectivity index (χ0n) is 7.07. The summed E-state index contributed by atoms with van der Waals surface area (Å²) in [5.74, 6) is -0.501. The van der Waals surface area contributed by atoms with Crippen LogP contribution in [0, 0.1) is 0 Å². The van der Waals surface area contributed by atoms with Crippen LogP contribution in [-0.2, 0) is 14.3 Å². The van der Waals surface area contributed by atoms with Gasteiger partial charge in [-0.15, -0.1) is 0 Å². The smallest absolute Gasteiger partial charge is 0.414 e. The van der Waals surface area contributed by atoms with Crippen LogP contribution in [-0.4, -0.2) is 37.7 Å². The number of methoxy groups -OCH3 is 1. The highest BCUT2D eigenvalue weighted by Gasteiger charge is 2.12. The number of carbonyl (C=O) groups excluding carboxylic acids is 2. The number of rotatable bonds is 3. The number of nitrogens with zero attached hydrogens (tertiary/aromatic N) is 1. The third kappa shape index (κ3) is 3.60. The van der Waals surface area contributed by atoms with Gasteiger partial charge in [-0.3, -0.25) is 9.69 Å². The van der Waals surface area contributed by atoms with Gasteiger partial charge in [0.15, 0.2) is 0 Å². The highest BCUT2D eigenvalue weighted by atomic mass is 16.6. The number of likely N-dealkylation sites (N-methyl/N-ethyl adjacent to an activating group) is 1. The molecule has 1 amide bonds. The summed E-state index contributed by atoms with van der Waals surface area (Å²) >= 11 is 0. The van der Waals surface area contributed by atoms with E-state index < -0.39 is 12.1 Å². The van der Waals surface area contributed by atoms with Crippen molar-refractivity contribution in [1.82, 2.24) is 4.90 Å². The van der Waals surface area contributed by atoms with E-state index in [0.29, 0.717) is 0 Å². The first-order chi connectivity index (χ1) is 5.61. The molecule has 0 aromatic carbocycles. The fourth-order valence-corrected chi connectivity index (χ4v) is 0.484. The predicted molar refractivity (Wildman–Crippen MR) is 41.3 cm³/mol. The highest BCUT2D eigenvalue weighted by Crippen LogP contribution is 1.90. The Morgan fingerprint density at radius 3 is 2.58 bits per heavy atom. The minimum atomic E-state index is -0.643. The van der Waals surface area contributed by atoms with E-state index in [1.165, 1.54) is 14.2 Å². The molecule has 5 heteroatoms. The Labute approximate surface area is 70.5 Å². The molecule has 0 radical (unpaired) electrons. The van der Waals surface area contributed by atoms with Crippen molar-refractivity contribution >= 4 is 12.1 Å². The summed E-state index contributed by atoms with van der Waals surface area (Å²) in [6.45, 7) is 3.06. The molecule has 0 aromatic rings. The summed E-state index contributed by atoms with van der Waals surface area (Å²) in [7, 11) is 2.66. The molecule has 68 valence electrons. The predicted octanol–water partition coefficient (Wildman–Crippen LogP) is 0.371. The van der Waals surface area contributed by atoms with Gasteiger partial charge in [-0.2, -0.15) is 0 Å². The quantitative estimate of drug-likeness (QED) is 0.457. The number of esters is 1. The van der Waals surface area contributed by atoms with Crippen molar-refractivity contribution < 1.29 is 19.1 Å². The van der Waals surface area contributed by atoms with Gasteiger partial charge in [0.1, 0.15) is 6.54 Å². The fraction of sp³-hybridized carbons (Fsp3) is 0.429. The molecule has 0 aromatic heterocycles. The number of carbonyl (C=O) groups is 2. The average molecular weight is 173 g/mol. The van der Waals surface area contributed by atoms with E-state index in [9.17, 15) is 9.59 Å². The molecule has 0 aliphatic rings. The van der Waals surface area contributed by atoms with E-state index in [2.05, 4.69) is 16.1 Å². The zero-order valence-corrected chi connectivity index (χ0v) is 7.07. The van der Waals surface area contributed by atoms with Crippen LogP contribution in [0.15, 0.2) is 12.8 Å². The van der Waals surface area contributed by atoms with Gasteiger partial charge < -0.3 is 9.47 Å². The SMILES string of the molecule is C=COC(=O)N(C)CC(=O)OC. The van der Waals surface area contributed by atoms with Gasteiger partial charge in [-0.05, 0) is 0 Å². The summed E-state index contributed by atoms with van der Waals surface area (Å²) in [6, 6.07) is 0. The second-order valence-electron chi connectivity index (χ2n) is 1.98. The van der Waals surface area contributed by atoms with Crippen LogP contribution in [0.4, 0.5) is 4.79 Å². The maximum Gasteiger partial charge on any atom is 0.414 e. The van der Waals surface area contributed by atoms with Gasteiger partial charge in [-0.25, -0.2) is 4.79 Å². The summed E-state index contributed by atoms with van der Waals surface area (Å²) in [6.07, 6.45) is 0.353. The molecule has 0 spiro atoms.